The zero-order chi connectivity index (χ0) is 26.6. The van der Waals surface area contributed by atoms with Crippen LogP contribution in [0.2, 0.25) is 0 Å². The van der Waals surface area contributed by atoms with Crippen LogP contribution in [0.5, 0.6) is 0 Å². The van der Waals surface area contributed by atoms with Crippen LogP contribution in [0, 0.1) is 5.41 Å². The zero-order valence-electron chi connectivity index (χ0n) is 22.5. The Bertz CT molecular complexity index is 1970. The third-order valence-electron chi connectivity index (χ3n) is 7.36. The first-order valence-electron chi connectivity index (χ1n) is 13.5. The van der Waals surface area contributed by atoms with Crippen molar-refractivity contribution in [1.29, 1.82) is 0 Å². The van der Waals surface area contributed by atoms with Gasteiger partial charge in [-0.2, -0.15) is 0 Å². The zero-order valence-corrected chi connectivity index (χ0v) is 23.3. The minimum absolute atomic E-state index is 0.273. The standard InChI is InChI=1S/C36H30N2S/c1-36(2,3)23-27-17-18-33(39-27)25-19-20-37-31(22-25)30-21-24-11-7-8-14-28(24)35-34(30)29-15-9-10-16-32(29)38(35)26-12-5-4-6-13-26/h4-22H,23H2,1-3H3. The summed E-state index contributed by atoms with van der Waals surface area (Å²) in [6, 6.07) is 39.4. The molecule has 7 rings (SSSR count). The lowest BCUT2D eigenvalue weighted by atomic mass is 9.92. The monoisotopic (exact) mass is 522 g/mol. The van der Waals surface area contributed by atoms with E-state index in [4.69, 9.17) is 4.98 Å². The Morgan fingerprint density at radius 1 is 0.744 bits per heavy atom. The van der Waals surface area contributed by atoms with Gasteiger partial charge in [-0.05, 0) is 71.3 Å². The van der Waals surface area contributed by atoms with Crippen molar-refractivity contribution < 1.29 is 0 Å². The van der Waals surface area contributed by atoms with Crippen LogP contribution in [0.15, 0.2) is 115 Å². The van der Waals surface area contributed by atoms with Gasteiger partial charge in [-0.25, -0.2) is 0 Å². The molecule has 0 atom stereocenters. The molecule has 0 unspecified atom stereocenters. The van der Waals surface area contributed by atoms with E-state index in [0.29, 0.717) is 0 Å². The fourth-order valence-corrected chi connectivity index (χ4v) is 7.07. The Morgan fingerprint density at radius 3 is 2.31 bits per heavy atom. The van der Waals surface area contributed by atoms with Gasteiger partial charge in [0.1, 0.15) is 0 Å². The molecule has 3 heterocycles. The van der Waals surface area contributed by atoms with E-state index < -0.39 is 0 Å². The van der Waals surface area contributed by atoms with Crippen molar-refractivity contribution in [3.63, 3.8) is 0 Å². The average Bonchev–Trinajstić information content (AvgIpc) is 3.55. The van der Waals surface area contributed by atoms with Crippen molar-refractivity contribution in [2.45, 2.75) is 27.2 Å². The summed E-state index contributed by atoms with van der Waals surface area (Å²) in [5.74, 6) is 0. The first kappa shape index (κ1) is 23.9. The summed E-state index contributed by atoms with van der Waals surface area (Å²) in [7, 11) is 0. The molecule has 0 radical (unpaired) electrons. The lowest BCUT2D eigenvalue weighted by Crippen LogP contribution is -2.07. The molecule has 39 heavy (non-hydrogen) atoms. The van der Waals surface area contributed by atoms with Crippen LogP contribution in [-0.4, -0.2) is 9.55 Å². The SMILES string of the molecule is CC(C)(C)Cc1ccc(-c2ccnc(-c3cc4ccccc4c4c3c3ccccc3n4-c3ccccc3)c2)s1. The van der Waals surface area contributed by atoms with Crippen molar-refractivity contribution in [1.82, 2.24) is 9.55 Å². The number of para-hydroxylation sites is 2. The van der Waals surface area contributed by atoms with Gasteiger partial charge in [-0.3, -0.25) is 4.98 Å². The molecule has 0 bridgehead atoms. The van der Waals surface area contributed by atoms with Gasteiger partial charge in [0.05, 0.1) is 16.7 Å². The number of benzene rings is 4. The highest BCUT2D eigenvalue weighted by Crippen LogP contribution is 2.43. The van der Waals surface area contributed by atoms with Gasteiger partial charge in [-0.1, -0.05) is 81.4 Å². The molecule has 0 fully saturated rings. The molecule has 0 amide bonds. The van der Waals surface area contributed by atoms with Crippen LogP contribution in [0.3, 0.4) is 0 Å². The van der Waals surface area contributed by atoms with Crippen LogP contribution in [0.4, 0.5) is 0 Å². The van der Waals surface area contributed by atoms with Crippen LogP contribution >= 0.6 is 11.3 Å². The van der Waals surface area contributed by atoms with Crippen LogP contribution < -0.4 is 0 Å². The quantitative estimate of drug-likeness (QED) is 0.225. The Labute approximate surface area is 233 Å². The van der Waals surface area contributed by atoms with E-state index in [2.05, 4.69) is 135 Å². The summed E-state index contributed by atoms with van der Waals surface area (Å²) in [6.07, 6.45) is 3.05. The minimum atomic E-state index is 0.273. The molecule has 0 spiro atoms. The topological polar surface area (TPSA) is 17.8 Å². The molecule has 0 saturated carbocycles. The first-order chi connectivity index (χ1) is 19.0. The van der Waals surface area contributed by atoms with Crippen molar-refractivity contribution in [3.05, 3.63) is 120 Å². The molecule has 0 N–H and O–H groups in total. The van der Waals surface area contributed by atoms with E-state index in [1.54, 1.807) is 0 Å². The summed E-state index contributed by atoms with van der Waals surface area (Å²) in [5, 5.41) is 4.96. The molecule has 0 aliphatic heterocycles. The lowest BCUT2D eigenvalue weighted by Gasteiger charge is -2.16. The van der Waals surface area contributed by atoms with E-state index >= 15 is 0 Å². The van der Waals surface area contributed by atoms with Crippen molar-refractivity contribution in [3.8, 4) is 27.4 Å². The number of nitrogens with zero attached hydrogens (tertiary/aromatic N) is 2. The minimum Gasteiger partial charge on any atom is -0.309 e. The van der Waals surface area contributed by atoms with E-state index in [-0.39, 0.29) is 5.41 Å². The van der Waals surface area contributed by atoms with Crippen molar-refractivity contribution in [2.75, 3.05) is 0 Å². The van der Waals surface area contributed by atoms with Gasteiger partial charge in [-0.15, -0.1) is 11.3 Å². The molecule has 7 aromatic rings. The number of fused-ring (bicyclic) bond motifs is 5. The number of thiophene rings is 1. The third kappa shape index (κ3) is 4.24. The summed E-state index contributed by atoms with van der Waals surface area (Å²) in [4.78, 5) is 7.66. The first-order valence-corrected chi connectivity index (χ1v) is 14.3. The average molecular weight is 523 g/mol. The maximum atomic E-state index is 4.94. The van der Waals surface area contributed by atoms with Gasteiger partial charge in [0.2, 0.25) is 0 Å². The summed E-state index contributed by atoms with van der Waals surface area (Å²) >= 11 is 1.89. The van der Waals surface area contributed by atoms with Gasteiger partial charge >= 0.3 is 0 Å². The number of rotatable bonds is 4. The van der Waals surface area contributed by atoms with E-state index in [1.807, 2.05) is 17.5 Å². The Balaban J connectivity index is 1.51. The summed E-state index contributed by atoms with van der Waals surface area (Å²) in [6.45, 7) is 6.90. The van der Waals surface area contributed by atoms with Crippen LogP contribution in [-0.2, 0) is 6.42 Å². The number of pyridine rings is 1. The largest absolute Gasteiger partial charge is 0.309 e. The van der Waals surface area contributed by atoms with Gasteiger partial charge in [0, 0.05) is 43.4 Å². The molecule has 4 aromatic carbocycles. The highest BCUT2D eigenvalue weighted by atomic mass is 32.1. The molecule has 0 aliphatic rings. The molecule has 3 heteroatoms. The van der Waals surface area contributed by atoms with Crippen LogP contribution in [0.25, 0.3) is 60.0 Å². The molecule has 0 aliphatic carbocycles. The normalized spacial score (nSPS) is 12.1. The molecule has 3 aromatic heterocycles. The second kappa shape index (κ2) is 9.21. The second-order valence-corrected chi connectivity index (χ2v) is 12.7. The Hall–Kier alpha value is -4.21. The maximum Gasteiger partial charge on any atom is 0.0715 e. The summed E-state index contributed by atoms with van der Waals surface area (Å²) < 4.78 is 2.42. The molecule has 2 nitrogen and oxygen atoms in total. The van der Waals surface area contributed by atoms with Crippen LogP contribution in [0.1, 0.15) is 25.6 Å². The van der Waals surface area contributed by atoms with Gasteiger partial charge in [0.25, 0.3) is 0 Å². The van der Waals surface area contributed by atoms with Gasteiger partial charge < -0.3 is 4.57 Å². The molecule has 190 valence electrons. The predicted octanol–water partition coefficient (Wildman–Crippen LogP) is 10.3. The predicted molar refractivity (Wildman–Crippen MR) is 168 cm³/mol. The smallest absolute Gasteiger partial charge is 0.0715 e. The second-order valence-electron chi connectivity index (χ2n) is 11.5. The van der Waals surface area contributed by atoms with Crippen molar-refractivity contribution >= 4 is 43.9 Å². The van der Waals surface area contributed by atoms with E-state index in [1.165, 1.54) is 53.5 Å². The highest BCUT2D eigenvalue weighted by molar-refractivity contribution is 7.15. The molecular formula is C36H30N2S. The summed E-state index contributed by atoms with van der Waals surface area (Å²) in [5.41, 5.74) is 7.27. The lowest BCUT2D eigenvalue weighted by molar-refractivity contribution is 0.414. The molecular weight excluding hydrogens is 492 g/mol. The Kier molecular flexibility index (Phi) is 5.64. The van der Waals surface area contributed by atoms with E-state index in [9.17, 15) is 0 Å². The Morgan fingerprint density at radius 2 is 1.49 bits per heavy atom. The fraction of sp³-hybridized carbons (Fsp3) is 0.139. The van der Waals surface area contributed by atoms with Gasteiger partial charge in [0.15, 0.2) is 0 Å². The van der Waals surface area contributed by atoms with E-state index in [0.717, 1.165) is 17.8 Å². The van der Waals surface area contributed by atoms with Crippen molar-refractivity contribution in [2.24, 2.45) is 5.41 Å². The third-order valence-corrected chi connectivity index (χ3v) is 8.50. The molecule has 0 saturated heterocycles. The number of aromatic nitrogens is 2. The number of hydrogen-bond acceptors (Lipinski definition) is 2. The fourth-order valence-electron chi connectivity index (χ4n) is 5.76. The maximum absolute atomic E-state index is 4.94. The number of hydrogen-bond donors (Lipinski definition) is 0. The highest BCUT2D eigenvalue weighted by Gasteiger charge is 2.20.